The number of rotatable bonds is 11. The molecule has 1 aliphatic carbocycles. The van der Waals surface area contributed by atoms with E-state index in [1.54, 1.807) is 12.1 Å². The third kappa shape index (κ3) is 9.75. The Labute approximate surface area is 249 Å². The van der Waals surface area contributed by atoms with Gasteiger partial charge in [-0.1, -0.05) is 30.3 Å². The van der Waals surface area contributed by atoms with Gasteiger partial charge in [-0.25, -0.2) is 9.18 Å². The number of aliphatic hydroxyl groups is 1. The molecule has 43 heavy (non-hydrogen) atoms. The molecule has 0 unspecified atom stereocenters. The minimum Gasteiger partial charge on any atom is -0.490 e. The van der Waals surface area contributed by atoms with Gasteiger partial charge < -0.3 is 30.5 Å². The standard InChI is InChI=1S/C25H31FN2O2.C6H8O7/c1-19(29)27-25(23-8-4-5-9-24(23)26)14-16-28(17-15-25)18-20-10-12-22(13-11-20)30-21-6-2-3-7-21;7-3(8)1-6(13,5(11)12)2-4(9)10/h4-5,8-13,21H,2-3,6-7,14-18H2,1H3,(H,27,29);13H,1-2H2,(H,7,8)(H,9,10)(H,11,12). The zero-order valence-corrected chi connectivity index (χ0v) is 24.1. The highest BCUT2D eigenvalue weighted by Crippen LogP contribution is 2.35. The van der Waals surface area contributed by atoms with Gasteiger partial charge in [0, 0.05) is 32.1 Å². The van der Waals surface area contributed by atoms with Crippen LogP contribution in [0.5, 0.6) is 5.75 Å². The quantitative estimate of drug-likeness (QED) is 0.256. The molecule has 0 bridgehead atoms. The molecule has 2 aromatic carbocycles. The summed E-state index contributed by atoms with van der Waals surface area (Å²) in [5.41, 5.74) is -1.54. The van der Waals surface area contributed by atoms with E-state index in [0.717, 1.165) is 38.2 Å². The predicted molar refractivity (Wildman–Crippen MR) is 153 cm³/mol. The molecule has 1 saturated heterocycles. The van der Waals surface area contributed by atoms with Crippen molar-refractivity contribution in [3.8, 4) is 5.75 Å². The first-order chi connectivity index (χ1) is 20.3. The number of piperidine rings is 1. The van der Waals surface area contributed by atoms with Crippen molar-refractivity contribution in [3.63, 3.8) is 0 Å². The Hall–Kier alpha value is -4.03. The smallest absolute Gasteiger partial charge is 0.336 e. The second kappa shape index (κ2) is 14.9. The number of halogens is 1. The molecule has 0 radical (unpaired) electrons. The van der Waals surface area contributed by atoms with Crippen LogP contribution in [0.4, 0.5) is 4.39 Å². The molecule has 1 aliphatic heterocycles. The maximum atomic E-state index is 14.5. The van der Waals surface area contributed by atoms with E-state index >= 15 is 0 Å². The number of hydrogen-bond donors (Lipinski definition) is 5. The second-order valence-electron chi connectivity index (χ2n) is 11.2. The number of hydrogen-bond acceptors (Lipinski definition) is 7. The summed E-state index contributed by atoms with van der Waals surface area (Å²) in [6, 6.07) is 15.2. The molecule has 2 aliphatic rings. The van der Waals surface area contributed by atoms with E-state index in [4.69, 9.17) is 25.2 Å². The van der Waals surface area contributed by atoms with E-state index < -0.39 is 41.9 Å². The van der Waals surface area contributed by atoms with Gasteiger partial charge in [0.2, 0.25) is 5.91 Å². The van der Waals surface area contributed by atoms with Crippen LogP contribution in [-0.2, 0) is 31.3 Å². The first kappa shape index (κ1) is 33.5. The number of benzene rings is 2. The summed E-state index contributed by atoms with van der Waals surface area (Å²) in [5, 5.41) is 36.9. The number of carboxylic acid groups (broad SMARTS) is 3. The molecule has 0 aromatic heterocycles. The maximum Gasteiger partial charge on any atom is 0.336 e. The van der Waals surface area contributed by atoms with Gasteiger partial charge in [0.1, 0.15) is 11.6 Å². The van der Waals surface area contributed by atoms with E-state index in [1.807, 2.05) is 6.07 Å². The van der Waals surface area contributed by atoms with E-state index in [-0.39, 0.29) is 11.7 Å². The van der Waals surface area contributed by atoms with Crippen molar-refractivity contribution in [2.24, 2.45) is 0 Å². The molecule has 234 valence electrons. The lowest BCUT2D eigenvalue weighted by atomic mass is 9.80. The molecule has 2 fully saturated rings. The first-order valence-electron chi connectivity index (χ1n) is 14.2. The Kier molecular flexibility index (Phi) is 11.6. The fourth-order valence-corrected chi connectivity index (χ4v) is 5.59. The molecule has 1 saturated carbocycles. The van der Waals surface area contributed by atoms with E-state index in [0.29, 0.717) is 24.5 Å². The van der Waals surface area contributed by atoms with Gasteiger partial charge in [0.15, 0.2) is 5.60 Å². The number of nitrogens with zero attached hydrogens (tertiary/aromatic N) is 1. The number of nitrogens with one attached hydrogen (secondary N) is 1. The largest absolute Gasteiger partial charge is 0.490 e. The Bertz CT molecular complexity index is 1250. The van der Waals surface area contributed by atoms with Crippen molar-refractivity contribution in [2.75, 3.05) is 13.1 Å². The highest BCUT2D eigenvalue weighted by molar-refractivity contribution is 5.88. The summed E-state index contributed by atoms with van der Waals surface area (Å²) in [6.45, 7) is 3.95. The lowest BCUT2D eigenvalue weighted by Crippen LogP contribution is -2.52. The lowest BCUT2D eigenvalue weighted by Gasteiger charge is -2.42. The zero-order valence-electron chi connectivity index (χ0n) is 24.1. The fraction of sp³-hybridized carbons (Fsp3) is 0.484. The van der Waals surface area contributed by atoms with Crippen LogP contribution < -0.4 is 10.1 Å². The zero-order chi connectivity index (χ0) is 31.6. The number of carboxylic acids is 3. The summed E-state index contributed by atoms with van der Waals surface area (Å²) in [6.07, 6.45) is 4.32. The van der Waals surface area contributed by atoms with Crippen molar-refractivity contribution in [1.82, 2.24) is 10.2 Å². The van der Waals surface area contributed by atoms with Crippen LogP contribution in [0.15, 0.2) is 48.5 Å². The van der Waals surface area contributed by atoms with Crippen LogP contribution in [0, 0.1) is 5.82 Å². The Morgan fingerprint density at radius 1 is 0.953 bits per heavy atom. The van der Waals surface area contributed by atoms with Crippen LogP contribution in [-0.4, -0.2) is 73.9 Å². The highest BCUT2D eigenvalue weighted by Gasteiger charge is 2.41. The van der Waals surface area contributed by atoms with Crippen LogP contribution in [0.25, 0.3) is 0 Å². The molecule has 4 rings (SSSR count). The van der Waals surface area contributed by atoms with E-state index in [2.05, 4.69) is 34.5 Å². The van der Waals surface area contributed by atoms with Crippen molar-refractivity contribution >= 4 is 23.8 Å². The molecular formula is C31H39FN2O9. The molecule has 1 heterocycles. The summed E-state index contributed by atoms with van der Waals surface area (Å²) in [5.74, 6) is -4.44. The fourth-order valence-electron chi connectivity index (χ4n) is 5.59. The number of amides is 1. The SMILES string of the molecule is CC(=O)NC1(c2ccccc2F)CCN(Cc2ccc(OC3CCCC3)cc2)CC1.O=C(O)CC(O)(CC(=O)O)C(=O)O. The minimum absolute atomic E-state index is 0.121. The average Bonchev–Trinajstić information content (AvgIpc) is 3.43. The average molecular weight is 603 g/mol. The van der Waals surface area contributed by atoms with Gasteiger partial charge in [-0.2, -0.15) is 0 Å². The monoisotopic (exact) mass is 602 g/mol. The third-order valence-electron chi connectivity index (χ3n) is 7.73. The van der Waals surface area contributed by atoms with Gasteiger partial charge >= 0.3 is 17.9 Å². The number of aliphatic carboxylic acids is 3. The number of ether oxygens (including phenoxy) is 1. The molecule has 11 nitrogen and oxygen atoms in total. The third-order valence-corrected chi connectivity index (χ3v) is 7.73. The maximum absolute atomic E-state index is 14.5. The Morgan fingerprint density at radius 2 is 1.51 bits per heavy atom. The Balaban J connectivity index is 0.000000331. The Morgan fingerprint density at radius 3 is 2.00 bits per heavy atom. The van der Waals surface area contributed by atoms with Crippen LogP contribution in [0.2, 0.25) is 0 Å². The molecule has 0 spiro atoms. The summed E-state index contributed by atoms with van der Waals surface area (Å²) < 4.78 is 20.6. The minimum atomic E-state index is -2.74. The van der Waals surface area contributed by atoms with Gasteiger partial charge in [0.05, 0.1) is 24.5 Å². The normalized spacial score (nSPS) is 16.9. The van der Waals surface area contributed by atoms with Crippen molar-refractivity contribution in [3.05, 3.63) is 65.5 Å². The predicted octanol–water partition coefficient (Wildman–Crippen LogP) is 3.53. The van der Waals surface area contributed by atoms with Gasteiger partial charge in [0.25, 0.3) is 0 Å². The van der Waals surface area contributed by atoms with E-state index in [1.165, 1.54) is 31.4 Å². The molecular weight excluding hydrogens is 563 g/mol. The molecule has 0 atom stereocenters. The summed E-state index contributed by atoms with van der Waals surface area (Å²) in [7, 11) is 0. The summed E-state index contributed by atoms with van der Waals surface area (Å²) in [4.78, 5) is 44.7. The second-order valence-corrected chi connectivity index (χ2v) is 11.2. The molecule has 2 aromatic rings. The highest BCUT2D eigenvalue weighted by atomic mass is 19.1. The van der Waals surface area contributed by atoms with Crippen molar-refractivity contribution in [1.29, 1.82) is 0 Å². The van der Waals surface area contributed by atoms with Crippen LogP contribution >= 0.6 is 0 Å². The van der Waals surface area contributed by atoms with Crippen molar-refractivity contribution in [2.45, 2.75) is 82.1 Å². The topological polar surface area (TPSA) is 174 Å². The van der Waals surface area contributed by atoms with Gasteiger partial charge in [-0.3, -0.25) is 19.3 Å². The van der Waals surface area contributed by atoms with E-state index in [9.17, 15) is 23.6 Å². The molecule has 1 amide bonds. The van der Waals surface area contributed by atoms with Crippen molar-refractivity contribution < 1.29 is 48.7 Å². The number of likely N-dealkylation sites (tertiary alicyclic amines) is 1. The number of carbonyl (C=O) groups excluding carboxylic acids is 1. The van der Waals surface area contributed by atoms with Crippen LogP contribution in [0.3, 0.4) is 0 Å². The van der Waals surface area contributed by atoms with Crippen LogP contribution in [0.1, 0.15) is 69.4 Å². The summed E-state index contributed by atoms with van der Waals surface area (Å²) >= 11 is 0. The number of carbonyl (C=O) groups is 4. The lowest BCUT2D eigenvalue weighted by molar-refractivity contribution is -0.170. The van der Waals surface area contributed by atoms with Gasteiger partial charge in [-0.15, -0.1) is 0 Å². The molecule has 5 N–H and O–H groups in total. The molecule has 12 heteroatoms. The first-order valence-corrected chi connectivity index (χ1v) is 14.2. The van der Waals surface area contributed by atoms with Gasteiger partial charge in [-0.05, 0) is 62.3 Å².